The SMILES string of the molecule is CCCCN(CCCl)c1ccc(C(F)(F)F)cc1. The van der Waals surface area contributed by atoms with Crippen LogP contribution in [0, 0.1) is 0 Å². The van der Waals surface area contributed by atoms with E-state index in [0.717, 1.165) is 37.2 Å². The minimum atomic E-state index is -4.28. The normalized spacial score (nSPS) is 11.6. The van der Waals surface area contributed by atoms with Gasteiger partial charge in [-0.2, -0.15) is 13.2 Å². The molecule has 1 aromatic carbocycles. The Hall–Kier alpha value is -0.900. The van der Waals surface area contributed by atoms with Gasteiger partial charge in [0.25, 0.3) is 0 Å². The summed E-state index contributed by atoms with van der Waals surface area (Å²) in [6.07, 6.45) is -2.24. The molecule has 0 bridgehead atoms. The second-order valence-electron chi connectivity index (χ2n) is 4.07. The highest BCUT2D eigenvalue weighted by Crippen LogP contribution is 2.30. The van der Waals surface area contributed by atoms with Crippen LogP contribution >= 0.6 is 11.6 Å². The minimum absolute atomic E-state index is 0.463. The van der Waals surface area contributed by atoms with Gasteiger partial charge in [-0.3, -0.25) is 0 Å². The molecule has 0 N–H and O–H groups in total. The summed E-state index contributed by atoms with van der Waals surface area (Å²) in [5.41, 5.74) is 0.171. The Labute approximate surface area is 111 Å². The van der Waals surface area contributed by atoms with Crippen LogP contribution in [-0.2, 0) is 6.18 Å². The summed E-state index contributed by atoms with van der Waals surface area (Å²) in [6.45, 7) is 3.53. The predicted molar refractivity (Wildman–Crippen MR) is 69.3 cm³/mol. The van der Waals surface area contributed by atoms with Crippen LogP contribution in [-0.4, -0.2) is 19.0 Å². The lowest BCUT2D eigenvalue weighted by Crippen LogP contribution is -2.26. The van der Waals surface area contributed by atoms with E-state index in [1.165, 1.54) is 12.1 Å². The number of anilines is 1. The van der Waals surface area contributed by atoms with Gasteiger partial charge in [0.1, 0.15) is 0 Å². The maximum Gasteiger partial charge on any atom is 0.416 e. The lowest BCUT2D eigenvalue weighted by molar-refractivity contribution is -0.137. The maximum absolute atomic E-state index is 12.4. The fourth-order valence-electron chi connectivity index (χ4n) is 1.68. The van der Waals surface area contributed by atoms with Crippen molar-refractivity contribution in [3.05, 3.63) is 29.8 Å². The van der Waals surface area contributed by atoms with Crippen molar-refractivity contribution in [2.24, 2.45) is 0 Å². The van der Waals surface area contributed by atoms with E-state index in [9.17, 15) is 13.2 Å². The van der Waals surface area contributed by atoms with Gasteiger partial charge in [0.15, 0.2) is 0 Å². The zero-order chi connectivity index (χ0) is 13.6. The molecule has 0 atom stereocenters. The molecule has 1 aromatic rings. The minimum Gasteiger partial charge on any atom is -0.370 e. The van der Waals surface area contributed by atoms with Gasteiger partial charge in [-0.15, -0.1) is 11.6 Å². The first-order chi connectivity index (χ1) is 8.49. The van der Waals surface area contributed by atoms with E-state index < -0.39 is 11.7 Å². The summed E-state index contributed by atoms with van der Waals surface area (Å²) in [4.78, 5) is 2.01. The molecule has 0 aliphatic carbocycles. The number of halogens is 4. The highest BCUT2D eigenvalue weighted by Gasteiger charge is 2.30. The van der Waals surface area contributed by atoms with Crippen molar-refractivity contribution in [3.8, 4) is 0 Å². The second kappa shape index (κ2) is 6.88. The standard InChI is InChI=1S/C13H17ClF3N/c1-2-3-9-18(10-8-14)12-6-4-11(5-7-12)13(15,16)17/h4-7H,2-3,8-10H2,1H3. The Morgan fingerprint density at radius 1 is 1.11 bits per heavy atom. The molecule has 0 saturated heterocycles. The molecule has 0 aliphatic heterocycles. The van der Waals surface area contributed by atoms with Gasteiger partial charge >= 0.3 is 6.18 Å². The van der Waals surface area contributed by atoms with Crippen LogP contribution in [0.5, 0.6) is 0 Å². The second-order valence-corrected chi connectivity index (χ2v) is 4.45. The molecule has 0 heterocycles. The van der Waals surface area contributed by atoms with Crippen LogP contribution in [0.25, 0.3) is 0 Å². The zero-order valence-corrected chi connectivity index (χ0v) is 11.1. The van der Waals surface area contributed by atoms with Crippen LogP contribution in [0.15, 0.2) is 24.3 Å². The van der Waals surface area contributed by atoms with Crippen molar-refractivity contribution in [2.75, 3.05) is 23.9 Å². The first kappa shape index (κ1) is 15.2. The average Bonchev–Trinajstić information content (AvgIpc) is 2.33. The largest absolute Gasteiger partial charge is 0.416 e. The summed E-state index contributed by atoms with van der Waals surface area (Å²) in [5, 5.41) is 0. The van der Waals surface area contributed by atoms with E-state index in [1.807, 2.05) is 4.90 Å². The lowest BCUT2D eigenvalue weighted by atomic mass is 10.2. The van der Waals surface area contributed by atoms with E-state index in [0.29, 0.717) is 12.4 Å². The summed E-state index contributed by atoms with van der Waals surface area (Å²) >= 11 is 5.71. The van der Waals surface area contributed by atoms with Crippen LogP contribution in [0.2, 0.25) is 0 Å². The molecule has 0 amide bonds. The average molecular weight is 280 g/mol. The summed E-state index contributed by atoms with van der Waals surface area (Å²) < 4.78 is 37.3. The molecule has 5 heteroatoms. The third-order valence-electron chi connectivity index (χ3n) is 2.70. The van der Waals surface area contributed by atoms with Crippen LogP contribution < -0.4 is 4.90 Å². The van der Waals surface area contributed by atoms with E-state index in [4.69, 9.17) is 11.6 Å². The molecule has 0 aromatic heterocycles. The first-order valence-electron chi connectivity index (χ1n) is 5.97. The van der Waals surface area contributed by atoms with Gasteiger partial charge in [-0.1, -0.05) is 13.3 Å². The van der Waals surface area contributed by atoms with Crippen LogP contribution in [0.1, 0.15) is 25.3 Å². The summed E-state index contributed by atoms with van der Waals surface area (Å²) in [7, 11) is 0. The molecule has 0 spiro atoms. The van der Waals surface area contributed by atoms with Crippen LogP contribution in [0.3, 0.4) is 0 Å². The Balaban J connectivity index is 2.79. The van der Waals surface area contributed by atoms with Crippen molar-refractivity contribution in [3.63, 3.8) is 0 Å². The highest BCUT2D eigenvalue weighted by atomic mass is 35.5. The molecule has 0 aliphatic rings. The molecule has 0 saturated carbocycles. The van der Waals surface area contributed by atoms with Gasteiger partial charge < -0.3 is 4.90 Å². The third kappa shape index (κ3) is 4.41. The van der Waals surface area contributed by atoms with Crippen molar-refractivity contribution in [1.82, 2.24) is 0 Å². The van der Waals surface area contributed by atoms with Crippen molar-refractivity contribution in [2.45, 2.75) is 25.9 Å². The number of hydrogen-bond donors (Lipinski definition) is 0. The molecule has 1 rings (SSSR count). The molecule has 18 heavy (non-hydrogen) atoms. The number of rotatable bonds is 6. The number of hydrogen-bond acceptors (Lipinski definition) is 1. The van der Waals surface area contributed by atoms with Gasteiger partial charge in [-0.25, -0.2) is 0 Å². The number of unbranched alkanes of at least 4 members (excludes halogenated alkanes) is 1. The number of nitrogens with zero attached hydrogens (tertiary/aromatic N) is 1. The van der Waals surface area contributed by atoms with Gasteiger partial charge in [0.2, 0.25) is 0 Å². The topological polar surface area (TPSA) is 3.24 Å². The Morgan fingerprint density at radius 3 is 2.17 bits per heavy atom. The smallest absolute Gasteiger partial charge is 0.370 e. The monoisotopic (exact) mass is 279 g/mol. The molecule has 0 unspecified atom stereocenters. The van der Waals surface area contributed by atoms with E-state index in [1.54, 1.807) is 0 Å². The molecular weight excluding hydrogens is 263 g/mol. The quantitative estimate of drug-likeness (QED) is 0.691. The Morgan fingerprint density at radius 2 is 1.72 bits per heavy atom. The first-order valence-corrected chi connectivity index (χ1v) is 6.50. The van der Waals surface area contributed by atoms with Crippen molar-refractivity contribution in [1.29, 1.82) is 0 Å². The Bertz CT molecular complexity index is 348. The van der Waals surface area contributed by atoms with E-state index in [-0.39, 0.29) is 0 Å². The van der Waals surface area contributed by atoms with E-state index in [2.05, 4.69) is 6.92 Å². The van der Waals surface area contributed by atoms with Gasteiger partial charge in [0.05, 0.1) is 5.56 Å². The predicted octanol–water partition coefficient (Wildman–Crippen LogP) is 4.55. The third-order valence-corrected chi connectivity index (χ3v) is 2.86. The van der Waals surface area contributed by atoms with E-state index >= 15 is 0 Å². The highest BCUT2D eigenvalue weighted by molar-refractivity contribution is 6.18. The molecule has 0 fully saturated rings. The molecular formula is C13H17ClF3N. The number of alkyl halides is 4. The molecule has 1 nitrogen and oxygen atoms in total. The fraction of sp³-hybridized carbons (Fsp3) is 0.538. The number of benzene rings is 1. The van der Waals surface area contributed by atoms with Gasteiger partial charge in [0, 0.05) is 24.7 Å². The maximum atomic E-state index is 12.4. The Kier molecular flexibility index (Phi) is 5.79. The molecule has 102 valence electrons. The van der Waals surface area contributed by atoms with Crippen molar-refractivity contribution < 1.29 is 13.2 Å². The van der Waals surface area contributed by atoms with Crippen molar-refractivity contribution >= 4 is 17.3 Å². The van der Waals surface area contributed by atoms with Gasteiger partial charge in [-0.05, 0) is 30.7 Å². The lowest BCUT2D eigenvalue weighted by Gasteiger charge is -2.24. The summed E-state index contributed by atoms with van der Waals surface area (Å²) in [5.74, 6) is 0.463. The zero-order valence-electron chi connectivity index (χ0n) is 10.3. The fourth-order valence-corrected chi connectivity index (χ4v) is 1.89. The summed E-state index contributed by atoms with van der Waals surface area (Å²) in [6, 6.07) is 5.24. The molecule has 0 radical (unpaired) electrons. The van der Waals surface area contributed by atoms with Crippen LogP contribution in [0.4, 0.5) is 18.9 Å².